The summed E-state index contributed by atoms with van der Waals surface area (Å²) in [4.78, 5) is 54.6. The van der Waals surface area contributed by atoms with Crippen molar-refractivity contribution < 1.29 is 4.79 Å². The van der Waals surface area contributed by atoms with Crippen molar-refractivity contribution in [3.63, 3.8) is 0 Å². The van der Waals surface area contributed by atoms with Crippen molar-refractivity contribution >= 4 is 50.2 Å². The van der Waals surface area contributed by atoms with E-state index < -0.39 is 17.0 Å². The van der Waals surface area contributed by atoms with Crippen LogP contribution in [0.3, 0.4) is 0 Å². The lowest BCUT2D eigenvalue weighted by molar-refractivity contribution is 0.102. The van der Waals surface area contributed by atoms with Crippen molar-refractivity contribution in [1.82, 2.24) is 18.7 Å². The monoisotopic (exact) mass is 493 g/mol. The van der Waals surface area contributed by atoms with Crippen molar-refractivity contribution in [2.75, 3.05) is 11.5 Å². The van der Waals surface area contributed by atoms with Gasteiger partial charge in [0.25, 0.3) is 11.1 Å². The quantitative estimate of drug-likeness (QED) is 0.313. The van der Waals surface area contributed by atoms with Gasteiger partial charge in [0, 0.05) is 25.1 Å². The summed E-state index contributed by atoms with van der Waals surface area (Å²) in [5.74, 6) is -0.881. The maximum atomic E-state index is 12.9. The predicted molar refractivity (Wildman–Crippen MR) is 120 cm³/mol. The van der Waals surface area contributed by atoms with Crippen LogP contribution in [0.4, 0.5) is 5.82 Å². The van der Waals surface area contributed by atoms with E-state index in [9.17, 15) is 19.2 Å². The first-order chi connectivity index (χ1) is 14.2. The molecule has 2 N–H and O–H groups in total. The zero-order valence-electron chi connectivity index (χ0n) is 16.6. The van der Waals surface area contributed by atoms with Gasteiger partial charge in [0.2, 0.25) is 0 Å². The van der Waals surface area contributed by atoms with Crippen LogP contribution in [0.1, 0.15) is 23.7 Å². The fourth-order valence-corrected chi connectivity index (χ4v) is 4.29. The highest BCUT2D eigenvalue weighted by atomic mass is 79.9. The molecule has 2 aromatic heterocycles. The number of carbonyl (C=O) groups is 1. The third kappa shape index (κ3) is 3.86. The fourth-order valence-electron chi connectivity index (χ4n) is 3.03. The molecule has 0 fully saturated rings. The van der Waals surface area contributed by atoms with Crippen LogP contribution in [-0.2, 0) is 20.6 Å². The van der Waals surface area contributed by atoms with Gasteiger partial charge < -0.3 is 5.73 Å². The van der Waals surface area contributed by atoms with Crippen LogP contribution in [0.5, 0.6) is 0 Å². The molecule has 11 heteroatoms. The van der Waals surface area contributed by atoms with E-state index in [1.54, 1.807) is 18.2 Å². The van der Waals surface area contributed by atoms with E-state index in [-0.39, 0.29) is 22.7 Å². The van der Waals surface area contributed by atoms with Crippen LogP contribution in [0, 0.1) is 0 Å². The molecular formula is C19H20BrN5O4S. The number of Topliss-reactive ketones (excluding diaryl/α,β-unsaturated/α-hetero) is 1. The Morgan fingerprint density at radius 3 is 2.53 bits per heavy atom. The van der Waals surface area contributed by atoms with Crippen molar-refractivity contribution in [2.24, 2.45) is 14.1 Å². The molecule has 3 aromatic rings. The van der Waals surface area contributed by atoms with Gasteiger partial charge in [-0.05, 0) is 24.6 Å². The topological polar surface area (TPSA) is 122 Å². The predicted octanol–water partition coefficient (Wildman–Crippen LogP) is 1.52. The Bertz CT molecular complexity index is 1340. The lowest BCUT2D eigenvalue weighted by Gasteiger charge is -2.13. The number of anilines is 1. The molecule has 3 rings (SSSR count). The Kier molecular flexibility index (Phi) is 6.32. The van der Waals surface area contributed by atoms with Gasteiger partial charge in [-0.25, -0.2) is 9.78 Å². The number of rotatable bonds is 6. The minimum atomic E-state index is -0.747. The molecule has 0 aliphatic rings. The normalized spacial score (nSPS) is 11.2. The van der Waals surface area contributed by atoms with Gasteiger partial charge in [0.1, 0.15) is 11.4 Å². The highest BCUT2D eigenvalue weighted by Gasteiger charge is 2.21. The minimum Gasteiger partial charge on any atom is -0.384 e. The van der Waals surface area contributed by atoms with Crippen LogP contribution in [0.15, 0.2) is 42.2 Å². The van der Waals surface area contributed by atoms with E-state index in [1.807, 2.05) is 6.92 Å². The molecule has 0 amide bonds. The number of nitrogens with two attached hydrogens (primary N) is 1. The van der Waals surface area contributed by atoms with Crippen molar-refractivity contribution in [3.8, 4) is 0 Å². The Morgan fingerprint density at radius 1 is 1.17 bits per heavy atom. The van der Waals surface area contributed by atoms with Crippen LogP contribution in [-0.4, -0.2) is 30.2 Å². The molecule has 30 heavy (non-hydrogen) atoms. The molecule has 0 spiro atoms. The van der Waals surface area contributed by atoms with E-state index in [0.29, 0.717) is 29.0 Å². The lowest BCUT2D eigenvalue weighted by atomic mass is 10.2. The highest BCUT2D eigenvalue weighted by Crippen LogP contribution is 2.22. The molecule has 158 valence electrons. The summed E-state index contributed by atoms with van der Waals surface area (Å²) in [6.07, 6.45) is 0.705. The molecule has 0 radical (unpaired) electrons. The fraction of sp³-hybridized carbons (Fsp3) is 0.316. The molecule has 2 heterocycles. The Labute approximate surface area is 183 Å². The maximum absolute atomic E-state index is 12.9. The number of hydrogen-bond acceptors (Lipinski definition) is 7. The van der Waals surface area contributed by atoms with Gasteiger partial charge in [-0.1, -0.05) is 34.6 Å². The number of ketones is 1. The molecule has 0 saturated carbocycles. The summed E-state index contributed by atoms with van der Waals surface area (Å²) >= 11 is 4.42. The van der Waals surface area contributed by atoms with Crippen LogP contribution in [0.25, 0.3) is 10.9 Å². The summed E-state index contributed by atoms with van der Waals surface area (Å²) in [5, 5.41) is 0.856. The lowest BCUT2D eigenvalue weighted by Crippen LogP contribution is -2.41. The highest BCUT2D eigenvalue weighted by molar-refractivity contribution is 9.10. The summed E-state index contributed by atoms with van der Waals surface area (Å²) in [6.45, 7) is 2.38. The molecule has 1 aromatic carbocycles. The molecule has 0 unspecified atom stereocenters. The average Bonchev–Trinajstić information content (AvgIpc) is 2.72. The van der Waals surface area contributed by atoms with E-state index >= 15 is 0 Å². The molecule has 0 bridgehead atoms. The third-order valence-corrected chi connectivity index (χ3v) is 6.12. The molecule has 0 aliphatic heterocycles. The van der Waals surface area contributed by atoms with Crippen molar-refractivity contribution in [1.29, 1.82) is 0 Å². The van der Waals surface area contributed by atoms with Crippen LogP contribution < -0.4 is 22.5 Å². The van der Waals surface area contributed by atoms with E-state index in [1.165, 1.54) is 18.7 Å². The maximum Gasteiger partial charge on any atom is 0.332 e. The van der Waals surface area contributed by atoms with Gasteiger partial charge >= 0.3 is 5.69 Å². The van der Waals surface area contributed by atoms with Crippen molar-refractivity contribution in [3.05, 3.63) is 59.4 Å². The second kappa shape index (κ2) is 8.60. The number of halogens is 1. The summed E-state index contributed by atoms with van der Waals surface area (Å²) in [5.41, 5.74) is 4.57. The number of fused-ring (bicyclic) bond motifs is 1. The van der Waals surface area contributed by atoms with Gasteiger partial charge in [0.15, 0.2) is 10.9 Å². The Balaban J connectivity index is 2.02. The van der Waals surface area contributed by atoms with E-state index in [2.05, 4.69) is 20.9 Å². The number of thioether (sulfide) groups is 1. The molecule has 0 atom stereocenters. The minimum absolute atomic E-state index is 0.157. The van der Waals surface area contributed by atoms with Gasteiger partial charge in [-0.2, -0.15) is 0 Å². The molecule has 9 nitrogen and oxygen atoms in total. The smallest absolute Gasteiger partial charge is 0.332 e. The zero-order chi connectivity index (χ0) is 22.2. The third-order valence-electron chi connectivity index (χ3n) is 4.65. The SMILES string of the molecule is CCCn1c(SCC(=O)c2c(N)n(C)c(=O)n(C)c2=O)nc2ccc(Br)cc2c1=O. The Morgan fingerprint density at radius 2 is 1.87 bits per heavy atom. The second-order valence-corrected chi connectivity index (χ2v) is 8.55. The molecular weight excluding hydrogens is 474 g/mol. The number of benzene rings is 1. The van der Waals surface area contributed by atoms with E-state index in [4.69, 9.17) is 5.73 Å². The van der Waals surface area contributed by atoms with E-state index in [0.717, 1.165) is 25.4 Å². The largest absolute Gasteiger partial charge is 0.384 e. The first kappa shape index (κ1) is 22.0. The number of carbonyl (C=O) groups excluding carboxylic acids is 1. The Hall–Kier alpha value is -2.66. The number of aromatic nitrogens is 4. The molecule has 0 aliphatic carbocycles. The number of nitrogen functional groups attached to an aromatic ring is 1. The second-order valence-electron chi connectivity index (χ2n) is 6.69. The van der Waals surface area contributed by atoms with Crippen LogP contribution in [0.2, 0.25) is 0 Å². The van der Waals surface area contributed by atoms with Gasteiger partial charge in [-0.15, -0.1) is 0 Å². The number of hydrogen-bond donors (Lipinski definition) is 1. The van der Waals surface area contributed by atoms with Gasteiger partial charge in [-0.3, -0.25) is 28.1 Å². The summed E-state index contributed by atoms with van der Waals surface area (Å²) in [6, 6.07) is 5.22. The first-order valence-corrected chi connectivity index (χ1v) is 10.9. The zero-order valence-corrected chi connectivity index (χ0v) is 19.0. The first-order valence-electron chi connectivity index (χ1n) is 9.09. The standard InChI is InChI=1S/C19H20BrN5O4S/c1-4-7-25-16(27)11-8-10(20)5-6-12(11)22-18(25)30-9-13(26)14-15(21)23(2)19(29)24(3)17(14)28/h5-6,8H,4,7,9,21H2,1-3H3. The van der Waals surface area contributed by atoms with Crippen molar-refractivity contribution in [2.45, 2.75) is 25.0 Å². The summed E-state index contributed by atoms with van der Waals surface area (Å²) in [7, 11) is 2.68. The molecule has 0 saturated heterocycles. The van der Waals surface area contributed by atoms with Gasteiger partial charge in [0.05, 0.1) is 16.7 Å². The average molecular weight is 494 g/mol. The number of nitrogens with zero attached hydrogens (tertiary/aromatic N) is 4. The van der Waals surface area contributed by atoms with Crippen LogP contribution >= 0.6 is 27.7 Å². The summed E-state index contributed by atoms with van der Waals surface area (Å²) < 4.78 is 4.19.